The first kappa shape index (κ1) is 16.7. The van der Waals surface area contributed by atoms with Gasteiger partial charge in [-0.15, -0.1) is 0 Å². The van der Waals surface area contributed by atoms with E-state index in [-0.39, 0.29) is 0 Å². The van der Waals surface area contributed by atoms with Crippen molar-refractivity contribution >= 4 is 5.69 Å². The number of nitrogens with one attached hydrogen (secondary N) is 2. The second-order valence-corrected chi connectivity index (χ2v) is 6.27. The minimum absolute atomic E-state index is 0.319. The summed E-state index contributed by atoms with van der Waals surface area (Å²) >= 11 is 0. The number of benzene rings is 2. The molecule has 3 rings (SSSR count). The minimum Gasteiger partial charge on any atom is -0.493 e. The van der Waals surface area contributed by atoms with Crippen LogP contribution in [0.25, 0.3) is 0 Å². The number of hydrogen-bond donors (Lipinski definition) is 2. The van der Waals surface area contributed by atoms with Crippen molar-refractivity contribution in [2.75, 3.05) is 33.1 Å². The van der Waals surface area contributed by atoms with Gasteiger partial charge in [0.05, 0.1) is 14.2 Å². The van der Waals surface area contributed by atoms with Gasteiger partial charge in [0.2, 0.25) is 0 Å². The molecule has 1 heterocycles. The second-order valence-electron chi connectivity index (χ2n) is 6.27. The van der Waals surface area contributed by atoms with Crippen molar-refractivity contribution in [3.05, 3.63) is 52.6 Å². The van der Waals surface area contributed by atoms with Gasteiger partial charge in [0, 0.05) is 18.8 Å². The molecule has 4 nitrogen and oxygen atoms in total. The van der Waals surface area contributed by atoms with E-state index in [2.05, 4.69) is 41.8 Å². The van der Waals surface area contributed by atoms with Crippen molar-refractivity contribution in [1.82, 2.24) is 5.32 Å². The fourth-order valence-electron chi connectivity index (χ4n) is 3.51. The zero-order valence-corrected chi connectivity index (χ0v) is 14.9. The Morgan fingerprint density at radius 1 is 1.12 bits per heavy atom. The number of anilines is 1. The molecule has 0 spiro atoms. The highest BCUT2D eigenvalue weighted by Gasteiger charge is 2.21. The van der Waals surface area contributed by atoms with Crippen LogP contribution in [0.4, 0.5) is 5.69 Å². The van der Waals surface area contributed by atoms with Crippen molar-refractivity contribution < 1.29 is 9.47 Å². The fourth-order valence-corrected chi connectivity index (χ4v) is 3.51. The Hall–Kier alpha value is -2.20. The molecule has 0 fully saturated rings. The molecular formula is C20H26N2O2. The van der Waals surface area contributed by atoms with Crippen LogP contribution in [0.3, 0.4) is 0 Å². The third-order valence-corrected chi connectivity index (χ3v) is 4.80. The molecule has 128 valence electrons. The summed E-state index contributed by atoms with van der Waals surface area (Å²) in [5.74, 6) is 1.55. The van der Waals surface area contributed by atoms with Gasteiger partial charge in [-0.25, -0.2) is 0 Å². The molecule has 4 heteroatoms. The summed E-state index contributed by atoms with van der Waals surface area (Å²) in [7, 11) is 5.32. The van der Waals surface area contributed by atoms with E-state index in [4.69, 9.17) is 9.47 Å². The van der Waals surface area contributed by atoms with Crippen LogP contribution < -0.4 is 20.1 Å². The molecule has 24 heavy (non-hydrogen) atoms. The summed E-state index contributed by atoms with van der Waals surface area (Å²) in [6.45, 7) is 3.18. The molecule has 1 atom stereocenters. The van der Waals surface area contributed by atoms with Crippen LogP contribution in [0.1, 0.15) is 28.3 Å². The third kappa shape index (κ3) is 3.20. The Morgan fingerprint density at radius 3 is 2.62 bits per heavy atom. The smallest absolute Gasteiger partial charge is 0.160 e. The third-order valence-electron chi connectivity index (χ3n) is 4.80. The Balaban J connectivity index is 1.90. The molecule has 1 aliphatic heterocycles. The lowest BCUT2D eigenvalue weighted by atomic mass is 9.88. The number of aryl methyl sites for hydroxylation is 1. The van der Waals surface area contributed by atoms with Crippen LogP contribution in [0.2, 0.25) is 0 Å². The largest absolute Gasteiger partial charge is 0.493 e. The maximum atomic E-state index is 5.43. The van der Waals surface area contributed by atoms with Crippen molar-refractivity contribution in [3.8, 4) is 11.5 Å². The standard InChI is InChI=1S/C20H26N2O2/c1-13-9-15-7-8-22-18(16(15)12-17(13)21-2)10-14-5-6-19(23-3)20(11-14)24-4/h5-6,9,11-12,18,21-22H,7-8,10H2,1-4H3/t18-/m1/s1. The number of fused-ring (bicyclic) bond motifs is 1. The summed E-state index contributed by atoms with van der Waals surface area (Å²) < 4.78 is 10.8. The molecule has 0 aliphatic carbocycles. The zero-order valence-electron chi connectivity index (χ0n) is 14.9. The van der Waals surface area contributed by atoms with E-state index in [0.717, 1.165) is 30.9 Å². The Bertz CT molecular complexity index is 728. The molecule has 2 N–H and O–H groups in total. The monoisotopic (exact) mass is 326 g/mol. The lowest BCUT2D eigenvalue weighted by Crippen LogP contribution is -2.31. The molecule has 0 saturated heterocycles. The highest BCUT2D eigenvalue weighted by molar-refractivity contribution is 5.56. The van der Waals surface area contributed by atoms with Crippen molar-refractivity contribution in [1.29, 1.82) is 0 Å². The molecule has 1 aliphatic rings. The van der Waals surface area contributed by atoms with E-state index in [1.54, 1.807) is 14.2 Å². The van der Waals surface area contributed by atoms with Gasteiger partial charge in [-0.3, -0.25) is 0 Å². The van der Waals surface area contributed by atoms with Crippen LogP contribution in [0.5, 0.6) is 11.5 Å². The predicted octanol–water partition coefficient (Wildman–Crippen LogP) is 3.48. The van der Waals surface area contributed by atoms with E-state index < -0.39 is 0 Å². The summed E-state index contributed by atoms with van der Waals surface area (Å²) in [5, 5.41) is 6.96. The summed E-state index contributed by atoms with van der Waals surface area (Å²) in [4.78, 5) is 0. The normalized spacial score (nSPS) is 16.4. The minimum atomic E-state index is 0.319. The van der Waals surface area contributed by atoms with Gasteiger partial charge in [-0.05, 0) is 66.8 Å². The van der Waals surface area contributed by atoms with E-state index in [1.165, 1.54) is 27.9 Å². The van der Waals surface area contributed by atoms with Crippen molar-refractivity contribution in [2.45, 2.75) is 25.8 Å². The zero-order chi connectivity index (χ0) is 17.1. The average Bonchev–Trinajstić information content (AvgIpc) is 2.61. The molecule has 0 unspecified atom stereocenters. The van der Waals surface area contributed by atoms with Gasteiger partial charge in [-0.2, -0.15) is 0 Å². The topological polar surface area (TPSA) is 42.5 Å². The summed E-state index contributed by atoms with van der Waals surface area (Å²) in [6, 6.07) is 11.1. The van der Waals surface area contributed by atoms with E-state index >= 15 is 0 Å². The molecule has 2 aromatic carbocycles. The lowest BCUT2D eigenvalue weighted by molar-refractivity contribution is 0.354. The Morgan fingerprint density at radius 2 is 1.92 bits per heavy atom. The van der Waals surface area contributed by atoms with Crippen LogP contribution in [-0.4, -0.2) is 27.8 Å². The van der Waals surface area contributed by atoms with Crippen LogP contribution >= 0.6 is 0 Å². The molecule has 0 amide bonds. The molecule has 0 aromatic heterocycles. The van der Waals surface area contributed by atoms with E-state index in [1.807, 2.05) is 13.1 Å². The molecule has 0 bridgehead atoms. The van der Waals surface area contributed by atoms with Crippen molar-refractivity contribution in [3.63, 3.8) is 0 Å². The first-order valence-corrected chi connectivity index (χ1v) is 8.41. The Labute approximate surface area is 144 Å². The molecular weight excluding hydrogens is 300 g/mol. The molecule has 2 aromatic rings. The van der Waals surface area contributed by atoms with Gasteiger partial charge in [0.1, 0.15) is 0 Å². The number of hydrogen-bond acceptors (Lipinski definition) is 4. The number of rotatable bonds is 5. The maximum Gasteiger partial charge on any atom is 0.160 e. The Kier molecular flexibility index (Phi) is 4.95. The van der Waals surface area contributed by atoms with Gasteiger partial charge in [0.15, 0.2) is 11.5 Å². The van der Waals surface area contributed by atoms with Crippen molar-refractivity contribution in [2.24, 2.45) is 0 Å². The maximum absolute atomic E-state index is 5.43. The van der Waals surface area contributed by atoms with Gasteiger partial charge < -0.3 is 20.1 Å². The quantitative estimate of drug-likeness (QED) is 0.883. The molecule has 0 saturated carbocycles. The van der Waals surface area contributed by atoms with Crippen LogP contribution in [-0.2, 0) is 12.8 Å². The summed E-state index contributed by atoms with van der Waals surface area (Å²) in [6.07, 6.45) is 2.02. The first-order chi connectivity index (χ1) is 11.7. The van der Waals surface area contributed by atoms with Gasteiger partial charge in [0.25, 0.3) is 0 Å². The predicted molar refractivity (Wildman–Crippen MR) is 98.4 cm³/mol. The summed E-state index contributed by atoms with van der Waals surface area (Å²) in [5.41, 5.74) is 6.60. The van der Waals surface area contributed by atoms with E-state index in [9.17, 15) is 0 Å². The number of methoxy groups -OCH3 is 2. The van der Waals surface area contributed by atoms with Crippen LogP contribution in [0.15, 0.2) is 30.3 Å². The average molecular weight is 326 g/mol. The molecule has 0 radical (unpaired) electrons. The van der Waals surface area contributed by atoms with Crippen LogP contribution in [0, 0.1) is 6.92 Å². The fraction of sp³-hybridized carbons (Fsp3) is 0.400. The van der Waals surface area contributed by atoms with Gasteiger partial charge in [-0.1, -0.05) is 12.1 Å². The second kappa shape index (κ2) is 7.14. The first-order valence-electron chi connectivity index (χ1n) is 8.41. The van der Waals surface area contributed by atoms with Gasteiger partial charge >= 0.3 is 0 Å². The van der Waals surface area contributed by atoms with E-state index in [0.29, 0.717) is 6.04 Å². The lowest BCUT2D eigenvalue weighted by Gasteiger charge is -2.28. The SMILES string of the molecule is CNc1cc2c(cc1C)CCN[C@@H]2Cc1ccc(OC)c(OC)c1. The highest BCUT2D eigenvalue weighted by Crippen LogP contribution is 2.33. The highest BCUT2D eigenvalue weighted by atomic mass is 16.5. The number of ether oxygens (including phenoxy) is 2.